The molecule has 1 aliphatic rings. The van der Waals surface area contributed by atoms with E-state index in [1.165, 1.54) is 0 Å². The Morgan fingerprint density at radius 1 is 1.60 bits per heavy atom. The molecule has 0 saturated carbocycles. The van der Waals surface area contributed by atoms with E-state index >= 15 is 0 Å². The number of ether oxygens (including phenoxy) is 1. The van der Waals surface area contributed by atoms with E-state index in [0.29, 0.717) is 5.75 Å². The van der Waals surface area contributed by atoms with E-state index in [2.05, 4.69) is 0 Å². The van der Waals surface area contributed by atoms with Gasteiger partial charge in [-0.05, 0) is 36.1 Å². The fourth-order valence-electron chi connectivity index (χ4n) is 1.82. The number of carbonyl (C=O) groups is 1. The zero-order valence-corrected chi connectivity index (χ0v) is 8.27. The lowest BCUT2D eigenvalue weighted by molar-refractivity contribution is -0.119. The lowest BCUT2D eigenvalue weighted by Gasteiger charge is -2.07. The number of primary amides is 1. The molecule has 1 atom stereocenters. The van der Waals surface area contributed by atoms with Gasteiger partial charge in [0, 0.05) is 0 Å². The molecule has 1 aliphatic carbocycles. The molecule has 0 spiro atoms. The van der Waals surface area contributed by atoms with Gasteiger partial charge < -0.3 is 15.6 Å². The van der Waals surface area contributed by atoms with Crippen LogP contribution in [0, 0.1) is 0 Å². The maximum atomic E-state index is 10.5. The van der Waals surface area contributed by atoms with Crippen LogP contribution >= 0.6 is 0 Å². The maximum absolute atomic E-state index is 10.5. The SMILES string of the molecule is NC(=O)COc1ccc2c(c1)CC[C@H]2O. The molecule has 80 valence electrons. The number of hydrogen-bond donors (Lipinski definition) is 2. The molecule has 1 aromatic carbocycles. The number of aryl methyl sites for hydroxylation is 1. The number of carbonyl (C=O) groups excluding carboxylic acids is 1. The monoisotopic (exact) mass is 207 g/mol. The molecule has 0 heterocycles. The van der Waals surface area contributed by atoms with E-state index in [1.54, 1.807) is 6.07 Å². The number of hydrogen-bond acceptors (Lipinski definition) is 3. The van der Waals surface area contributed by atoms with Crippen LogP contribution in [0.2, 0.25) is 0 Å². The highest BCUT2D eigenvalue weighted by Gasteiger charge is 2.20. The predicted octanol–water partition coefficient (Wildman–Crippen LogP) is 0.530. The Morgan fingerprint density at radius 2 is 2.40 bits per heavy atom. The highest BCUT2D eigenvalue weighted by molar-refractivity contribution is 5.75. The smallest absolute Gasteiger partial charge is 0.255 e. The molecule has 4 nitrogen and oxygen atoms in total. The van der Waals surface area contributed by atoms with Gasteiger partial charge >= 0.3 is 0 Å². The van der Waals surface area contributed by atoms with Gasteiger partial charge in [-0.15, -0.1) is 0 Å². The van der Waals surface area contributed by atoms with Gasteiger partial charge in [-0.25, -0.2) is 0 Å². The first-order valence-electron chi connectivity index (χ1n) is 4.89. The molecule has 1 amide bonds. The number of fused-ring (bicyclic) bond motifs is 1. The van der Waals surface area contributed by atoms with Crippen LogP contribution in [0.5, 0.6) is 5.75 Å². The summed E-state index contributed by atoms with van der Waals surface area (Å²) in [4.78, 5) is 10.5. The van der Waals surface area contributed by atoms with Crippen molar-refractivity contribution in [2.24, 2.45) is 5.73 Å². The number of aliphatic hydroxyl groups excluding tert-OH is 1. The molecule has 0 unspecified atom stereocenters. The van der Waals surface area contributed by atoms with Crippen LogP contribution in [0.25, 0.3) is 0 Å². The minimum absolute atomic E-state index is 0.110. The largest absolute Gasteiger partial charge is 0.484 e. The standard InChI is InChI=1S/C11H13NO3/c12-11(14)6-15-8-2-3-9-7(5-8)1-4-10(9)13/h2-3,5,10,13H,1,4,6H2,(H2,12,14)/t10-/m1/s1. The molecule has 4 heteroatoms. The van der Waals surface area contributed by atoms with E-state index in [-0.39, 0.29) is 12.7 Å². The van der Waals surface area contributed by atoms with Crippen LogP contribution in [-0.2, 0) is 11.2 Å². The summed E-state index contributed by atoms with van der Waals surface area (Å²) in [6.07, 6.45) is 1.25. The number of benzene rings is 1. The third-order valence-corrected chi connectivity index (χ3v) is 2.54. The van der Waals surface area contributed by atoms with Crippen LogP contribution in [0.1, 0.15) is 23.7 Å². The molecule has 0 aliphatic heterocycles. The first-order chi connectivity index (χ1) is 7.16. The van der Waals surface area contributed by atoms with Gasteiger partial charge in [0.25, 0.3) is 5.91 Å². The van der Waals surface area contributed by atoms with Crippen molar-refractivity contribution in [3.05, 3.63) is 29.3 Å². The zero-order chi connectivity index (χ0) is 10.8. The second-order valence-corrected chi connectivity index (χ2v) is 3.67. The van der Waals surface area contributed by atoms with Gasteiger partial charge in [0.1, 0.15) is 5.75 Å². The molecule has 2 rings (SSSR count). The molecule has 0 saturated heterocycles. The minimum atomic E-state index is -0.490. The molecule has 15 heavy (non-hydrogen) atoms. The van der Waals surface area contributed by atoms with Crippen LogP contribution in [0.4, 0.5) is 0 Å². The third kappa shape index (κ3) is 2.10. The van der Waals surface area contributed by atoms with E-state index in [0.717, 1.165) is 24.0 Å². The number of rotatable bonds is 3. The maximum Gasteiger partial charge on any atom is 0.255 e. The van der Waals surface area contributed by atoms with Gasteiger partial charge in [-0.3, -0.25) is 4.79 Å². The van der Waals surface area contributed by atoms with E-state index in [9.17, 15) is 9.90 Å². The summed E-state index contributed by atoms with van der Waals surface area (Å²) >= 11 is 0. The fourth-order valence-corrected chi connectivity index (χ4v) is 1.82. The average Bonchev–Trinajstić information content (AvgIpc) is 2.57. The van der Waals surface area contributed by atoms with E-state index in [4.69, 9.17) is 10.5 Å². The summed E-state index contributed by atoms with van der Waals surface area (Å²) in [5.41, 5.74) is 7.02. The molecule has 1 aromatic rings. The van der Waals surface area contributed by atoms with Gasteiger partial charge in [-0.1, -0.05) is 6.07 Å². The molecule has 3 N–H and O–H groups in total. The van der Waals surface area contributed by atoms with Crippen molar-refractivity contribution in [1.82, 2.24) is 0 Å². The van der Waals surface area contributed by atoms with E-state index < -0.39 is 5.91 Å². The minimum Gasteiger partial charge on any atom is -0.484 e. The lowest BCUT2D eigenvalue weighted by Crippen LogP contribution is -2.20. The molecule has 0 radical (unpaired) electrons. The fraction of sp³-hybridized carbons (Fsp3) is 0.364. The molecule has 0 fully saturated rings. The normalized spacial score (nSPS) is 18.6. The quantitative estimate of drug-likeness (QED) is 0.759. The average molecular weight is 207 g/mol. The topological polar surface area (TPSA) is 72.6 Å². The molecular formula is C11H13NO3. The zero-order valence-electron chi connectivity index (χ0n) is 8.27. The van der Waals surface area contributed by atoms with Gasteiger partial charge in [-0.2, -0.15) is 0 Å². The Morgan fingerprint density at radius 3 is 3.13 bits per heavy atom. The predicted molar refractivity (Wildman–Crippen MR) is 54.4 cm³/mol. The second-order valence-electron chi connectivity index (χ2n) is 3.67. The second kappa shape index (κ2) is 3.90. The highest BCUT2D eigenvalue weighted by atomic mass is 16.5. The summed E-state index contributed by atoms with van der Waals surface area (Å²) in [5.74, 6) is 0.136. The van der Waals surface area contributed by atoms with Gasteiger partial charge in [0.05, 0.1) is 6.10 Å². The van der Waals surface area contributed by atoms with Crippen molar-refractivity contribution in [2.45, 2.75) is 18.9 Å². The van der Waals surface area contributed by atoms with Crippen molar-refractivity contribution in [3.8, 4) is 5.75 Å². The van der Waals surface area contributed by atoms with Crippen molar-refractivity contribution < 1.29 is 14.6 Å². The molecular weight excluding hydrogens is 194 g/mol. The first-order valence-corrected chi connectivity index (χ1v) is 4.89. The Bertz CT molecular complexity index is 389. The summed E-state index contributed by atoms with van der Waals surface area (Å²) < 4.78 is 5.17. The number of amides is 1. The van der Waals surface area contributed by atoms with Crippen LogP contribution < -0.4 is 10.5 Å². The van der Waals surface area contributed by atoms with Crippen molar-refractivity contribution in [3.63, 3.8) is 0 Å². The Kier molecular flexibility index (Phi) is 2.60. The molecule has 0 aromatic heterocycles. The number of nitrogens with two attached hydrogens (primary N) is 1. The van der Waals surface area contributed by atoms with Gasteiger partial charge in [0.2, 0.25) is 0 Å². The third-order valence-electron chi connectivity index (χ3n) is 2.54. The van der Waals surface area contributed by atoms with E-state index in [1.807, 2.05) is 12.1 Å². The Balaban J connectivity index is 2.12. The van der Waals surface area contributed by atoms with Crippen molar-refractivity contribution in [2.75, 3.05) is 6.61 Å². The highest BCUT2D eigenvalue weighted by Crippen LogP contribution is 2.33. The van der Waals surface area contributed by atoms with Crippen LogP contribution in [0.3, 0.4) is 0 Å². The van der Waals surface area contributed by atoms with Gasteiger partial charge in [0.15, 0.2) is 6.61 Å². The van der Waals surface area contributed by atoms with Crippen molar-refractivity contribution in [1.29, 1.82) is 0 Å². The first kappa shape index (κ1) is 9.98. The van der Waals surface area contributed by atoms with Crippen molar-refractivity contribution >= 4 is 5.91 Å². The lowest BCUT2D eigenvalue weighted by atomic mass is 10.1. The summed E-state index contributed by atoms with van der Waals surface area (Å²) in [6.45, 7) is -0.110. The summed E-state index contributed by atoms with van der Waals surface area (Å²) in [7, 11) is 0. The van der Waals surface area contributed by atoms with Crippen LogP contribution in [0.15, 0.2) is 18.2 Å². The Hall–Kier alpha value is -1.55. The summed E-state index contributed by atoms with van der Waals surface area (Å²) in [5, 5.41) is 9.58. The number of aliphatic hydroxyl groups is 1. The van der Waals surface area contributed by atoms with Crippen LogP contribution in [-0.4, -0.2) is 17.6 Å². The Labute approximate surface area is 87.7 Å². The molecule has 0 bridgehead atoms. The summed E-state index contributed by atoms with van der Waals surface area (Å²) in [6, 6.07) is 5.44.